The standard InChI is InChI=1S/C22H25NO5S/c1-4-28-19-11-12-22(18-8-6-5-7-17(18)19)29(24,25)23-14-13-16-9-10-20(26-2)21(15-16)27-3/h5-12,15,23H,4,13-14H2,1-3H3. The molecule has 0 aliphatic rings. The molecule has 0 saturated carbocycles. The number of benzene rings is 3. The van der Waals surface area contributed by atoms with E-state index in [2.05, 4.69) is 4.72 Å². The van der Waals surface area contributed by atoms with E-state index in [-0.39, 0.29) is 11.4 Å². The first kappa shape index (κ1) is 21.0. The average Bonchev–Trinajstić information content (AvgIpc) is 2.73. The maximum atomic E-state index is 12.9. The molecule has 1 N–H and O–H groups in total. The summed E-state index contributed by atoms with van der Waals surface area (Å²) in [6.07, 6.45) is 0.522. The minimum Gasteiger partial charge on any atom is -0.493 e. The minimum atomic E-state index is -3.68. The van der Waals surface area contributed by atoms with E-state index in [9.17, 15) is 8.42 Å². The van der Waals surface area contributed by atoms with Gasteiger partial charge in [0.15, 0.2) is 11.5 Å². The van der Waals surface area contributed by atoms with Gasteiger partial charge in [-0.15, -0.1) is 0 Å². The smallest absolute Gasteiger partial charge is 0.241 e. The van der Waals surface area contributed by atoms with Crippen molar-refractivity contribution >= 4 is 20.8 Å². The van der Waals surface area contributed by atoms with Crippen LogP contribution in [-0.2, 0) is 16.4 Å². The summed E-state index contributed by atoms with van der Waals surface area (Å²) in [6.45, 7) is 2.67. The second kappa shape index (κ2) is 9.15. The molecule has 29 heavy (non-hydrogen) atoms. The molecule has 0 saturated heterocycles. The summed E-state index contributed by atoms with van der Waals surface area (Å²) >= 11 is 0. The van der Waals surface area contributed by atoms with Gasteiger partial charge in [-0.1, -0.05) is 30.3 Å². The summed E-state index contributed by atoms with van der Waals surface area (Å²) in [5, 5.41) is 1.41. The van der Waals surface area contributed by atoms with Crippen LogP contribution in [0.4, 0.5) is 0 Å². The fourth-order valence-corrected chi connectivity index (χ4v) is 4.44. The van der Waals surface area contributed by atoms with Gasteiger partial charge in [-0.3, -0.25) is 0 Å². The normalized spacial score (nSPS) is 11.4. The third kappa shape index (κ3) is 4.63. The van der Waals surface area contributed by atoms with Crippen molar-refractivity contribution in [3.63, 3.8) is 0 Å². The SMILES string of the molecule is CCOc1ccc(S(=O)(=O)NCCc2ccc(OC)c(OC)c2)c2ccccc12. The van der Waals surface area contributed by atoms with Crippen molar-refractivity contribution in [3.05, 3.63) is 60.2 Å². The van der Waals surface area contributed by atoms with Crippen LogP contribution in [0.25, 0.3) is 10.8 Å². The largest absolute Gasteiger partial charge is 0.493 e. The fraction of sp³-hybridized carbons (Fsp3) is 0.273. The van der Waals surface area contributed by atoms with E-state index >= 15 is 0 Å². The maximum absolute atomic E-state index is 12.9. The van der Waals surface area contributed by atoms with Crippen LogP contribution in [0.15, 0.2) is 59.5 Å². The highest BCUT2D eigenvalue weighted by Crippen LogP contribution is 2.31. The Balaban J connectivity index is 1.79. The van der Waals surface area contributed by atoms with Crippen molar-refractivity contribution in [1.29, 1.82) is 0 Å². The molecule has 0 amide bonds. The molecule has 0 aliphatic carbocycles. The summed E-state index contributed by atoms with van der Waals surface area (Å²) in [5.41, 5.74) is 0.946. The zero-order valence-electron chi connectivity index (χ0n) is 16.8. The Morgan fingerprint density at radius 1 is 0.862 bits per heavy atom. The van der Waals surface area contributed by atoms with Crippen molar-refractivity contribution in [1.82, 2.24) is 4.72 Å². The predicted molar refractivity (Wildman–Crippen MR) is 114 cm³/mol. The Morgan fingerprint density at radius 3 is 2.24 bits per heavy atom. The molecule has 0 fully saturated rings. The molecule has 0 bridgehead atoms. The molecular weight excluding hydrogens is 390 g/mol. The quantitative estimate of drug-likeness (QED) is 0.576. The summed E-state index contributed by atoms with van der Waals surface area (Å²) < 4.78 is 44.7. The molecule has 0 unspecified atom stereocenters. The van der Waals surface area contributed by atoms with E-state index in [0.29, 0.717) is 35.7 Å². The number of methoxy groups -OCH3 is 2. The Morgan fingerprint density at radius 2 is 1.55 bits per heavy atom. The third-order valence-electron chi connectivity index (χ3n) is 4.59. The maximum Gasteiger partial charge on any atom is 0.241 e. The minimum absolute atomic E-state index is 0.240. The summed E-state index contributed by atoms with van der Waals surface area (Å²) in [7, 11) is -0.532. The lowest BCUT2D eigenvalue weighted by Crippen LogP contribution is -2.26. The van der Waals surface area contributed by atoms with Crippen LogP contribution in [0.5, 0.6) is 17.2 Å². The van der Waals surface area contributed by atoms with Crippen LogP contribution in [0.2, 0.25) is 0 Å². The molecule has 0 aromatic heterocycles. The van der Waals surface area contributed by atoms with Crippen LogP contribution < -0.4 is 18.9 Å². The number of sulfonamides is 1. The lowest BCUT2D eigenvalue weighted by Gasteiger charge is -2.13. The van der Waals surface area contributed by atoms with Gasteiger partial charge >= 0.3 is 0 Å². The summed E-state index contributed by atoms with van der Waals surface area (Å²) in [4.78, 5) is 0.240. The first-order chi connectivity index (χ1) is 14.0. The van der Waals surface area contributed by atoms with Crippen LogP contribution in [0.1, 0.15) is 12.5 Å². The van der Waals surface area contributed by atoms with Crippen LogP contribution in [0, 0.1) is 0 Å². The highest BCUT2D eigenvalue weighted by molar-refractivity contribution is 7.89. The van der Waals surface area contributed by atoms with Gasteiger partial charge in [0, 0.05) is 17.3 Å². The number of fused-ring (bicyclic) bond motifs is 1. The Kier molecular flexibility index (Phi) is 6.61. The van der Waals surface area contributed by atoms with Gasteiger partial charge in [0.25, 0.3) is 0 Å². The van der Waals surface area contributed by atoms with Gasteiger partial charge in [-0.25, -0.2) is 13.1 Å². The van der Waals surface area contributed by atoms with Crippen molar-refractivity contribution in [2.75, 3.05) is 27.4 Å². The van der Waals surface area contributed by atoms with Gasteiger partial charge in [0.05, 0.1) is 25.7 Å². The Hall–Kier alpha value is -2.77. The number of nitrogens with one attached hydrogen (secondary N) is 1. The second-order valence-corrected chi connectivity index (χ2v) is 8.11. The molecule has 7 heteroatoms. The molecule has 3 rings (SSSR count). The molecule has 3 aromatic carbocycles. The lowest BCUT2D eigenvalue weighted by molar-refractivity contribution is 0.344. The zero-order valence-corrected chi connectivity index (χ0v) is 17.6. The van der Waals surface area contributed by atoms with Crippen molar-refractivity contribution in [2.45, 2.75) is 18.2 Å². The molecule has 154 valence electrons. The van der Waals surface area contributed by atoms with E-state index in [1.165, 1.54) is 0 Å². The fourth-order valence-electron chi connectivity index (χ4n) is 3.20. The molecule has 0 heterocycles. The van der Waals surface area contributed by atoms with E-state index in [1.54, 1.807) is 32.4 Å². The van der Waals surface area contributed by atoms with E-state index in [4.69, 9.17) is 14.2 Å². The zero-order chi connectivity index (χ0) is 20.9. The second-order valence-electron chi connectivity index (χ2n) is 6.38. The topological polar surface area (TPSA) is 73.9 Å². The van der Waals surface area contributed by atoms with Crippen molar-refractivity contribution in [2.24, 2.45) is 0 Å². The van der Waals surface area contributed by atoms with Gasteiger partial charge < -0.3 is 14.2 Å². The van der Waals surface area contributed by atoms with Gasteiger partial charge in [0.1, 0.15) is 5.75 Å². The molecule has 0 radical (unpaired) electrons. The number of hydrogen-bond acceptors (Lipinski definition) is 5. The van der Waals surface area contributed by atoms with E-state index < -0.39 is 10.0 Å². The third-order valence-corrected chi connectivity index (χ3v) is 6.11. The molecule has 6 nitrogen and oxygen atoms in total. The highest BCUT2D eigenvalue weighted by atomic mass is 32.2. The van der Waals surface area contributed by atoms with E-state index in [1.807, 2.05) is 43.3 Å². The Bertz CT molecular complexity index is 1100. The summed E-state index contributed by atoms with van der Waals surface area (Å²) in [6, 6.07) is 16.2. The molecule has 0 aliphatic heterocycles. The predicted octanol–water partition coefficient (Wildman–Crippen LogP) is 3.78. The van der Waals surface area contributed by atoms with Crippen LogP contribution in [-0.4, -0.2) is 35.8 Å². The van der Waals surface area contributed by atoms with Crippen LogP contribution in [0.3, 0.4) is 0 Å². The lowest BCUT2D eigenvalue weighted by atomic mass is 10.1. The van der Waals surface area contributed by atoms with Crippen molar-refractivity contribution < 1.29 is 22.6 Å². The van der Waals surface area contributed by atoms with Gasteiger partial charge in [-0.2, -0.15) is 0 Å². The number of ether oxygens (including phenoxy) is 3. The highest BCUT2D eigenvalue weighted by Gasteiger charge is 2.18. The number of rotatable bonds is 9. The summed E-state index contributed by atoms with van der Waals surface area (Å²) in [5.74, 6) is 1.93. The molecule has 0 spiro atoms. The molecule has 3 aromatic rings. The number of hydrogen-bond donors (Lipinski definition) is 1. The van der Waals surface area contributed by atoms with Crippen molar-refractivity contribution in [3.8, 4) is 17.2 Å². The van der Waals surface area contributed by atoms with E-state index in [0.717, 1.165) is 10.9 Å². The molecular formula is C22H25NO5S. The molecule has 0 atom stereocenters. The van der Waals surface area contributed by atoms with Crippen LogP contribution >= 0.6 is 0 Å². The average molecular weight is 416 g/mol. The first-order valence-electron chi connectivity index (χ1n) is 9.35. The monoisotopic (exact) mass is 415 g/mol. The Labute approximate surface area is 171 Å². The van der Waals surface area contributed by atoms with Gasteiger partial charge in [-0.05, 0) is 43.2 Å². The van der Waals surface area contributed by atoms with Gasteiger partial charge in [0.2, 0.25) is 10.0 Å². The first-order valence-corrected chi connectivity index (χ1v) is 10.8.